The van der Waals surface area contributed by atoms with Gasteiger partial charge in [-0.2, -0.15) is 0 Å². The molecule has 0 heterocycles. The molecule has 0 fully saturated rings. The second-order valence-corrected chi connectivity index (χ2v) is 4.32. The lowest BCUT2D eigenvalue weighted by molar-refractivity contribution is -0.109. The van der Waals surface area contributed by atoms with E-state index in [1.54, 1.807) is 13.0 Å². The van der Waals surface area contributed by atoms with Crippen LogP contribution < -0.4 is 4.74 Å². The van der Waals surface area contributed by atoms with Gasteiger partial charge in [0.25, 0.3) is 0 Å². The van der Waals surface area contributed by atoms with Crippen LogP contribution in [0.5, 0.6) is 11.5 Å². The number of hydrogen-bond donors (Lipinski definition) is 1. The van der Waals surface area contributed by atoms with Gasteiger partial charge >= 0.3 is 0 Å². The topological polar surface area (TPSA) is 50.2 Å². The van der Waals surface area contributed by atoms with Gasteiger partial charge in [-0.25, -0.2) is 0 Å². The van der Waals surface area contributed by atoms with Crippen molar-refractivity contribution < 1.29 is 9.53 Å². The third-order valence-electron chi connectivity index (χ3n) is 2.74. The fraction of sp³-hybridized carbons (Fsp3) is 0.0588. The minimum absolute atomic E-state index is 0.292. The van der Waals surface area contributed by atoms with E-state index in [0.29, 0.717) is 11.3 Å². The van der Waals surface area contributed by atoms with Crippen LogP contribution in [0.3, 0.4) is 0 Å². The highest BCUT2D eigenvalue weighted by Gasteiger charge is 2.01. The first-order chi connectivity index (χ1) is 9.69. The number of allylic oxidation sites excluding steroid dienone is 1. The summed E-state index contributed by atoms with van der Waals surface area (Å²) in [6, 6.07) is 17.0. The molecule has 100 valence electrons. The Hall–Kier alpha value is -2.68. The summed E-state index contributed by atoms with van der Waals surface area (Å²) in [6.45, 7) is 1.69. The third-order valence-corrected chi connectivity index (χ3v) is 2.74. The third kappa shape index (κ3) is 3.65. The number of benzene rings is 2. The van der Waals surface area contributed by atoms with Crippen molar-refractivity contribution in [3.05, 3.63) is 65.7 Å². The standard InChI is InChI=1S/C17H15NO2/c1-13(17(19)12-18)10-14-6-5-9-16(11-14)20-15-7-3-2-4-8-15/h2-12,18H,1H3. The van der Waals surface area contributed by atoms with E-state index in [0.717, 1.165) is 17.5 Å². The maximum absolute atomic E-state index is 11.3. The number of ether oxygens (including phenoxy) is 1. The second-order valence-electron chi connectivity index (χ2n) is 4.32. The van der Waals surface area contributed by atoms with E-state index in [1.807, 2.05) is 54.6 Å². The van der Waals surface area contributed by atoms with Crippen molar-refractivity contribution >= 4 is 18.1 Å². The predicted octanol–water partition coefficient (Wildman–Crippen LogP) is 4.10. The van der Waals surface area contributed by atoms with Gasteiger partial charge in [-0.05, 0) is 48.4 Å². The minimum Gasteiger partial charge on any atom is -0.457 e. The van der Waals surface area contributed by atoms with Crippen LogP contribution in [0.4, 0.5) is 0 Å². The lowest BCUT2D eigenvalue weighted by Crippen LogP contribution is -1.98. The van der Waals surface area contributed by atoms with Gasteiger partial charge in [-0.15, -0.1) is 0 Å². The first-order valence-electron chi connectivity index (χ1n) is 6.25. The van der Waals surface area contributed by atoms with Crippen molar-refractivity contribution in [3.63, 3.8) is 0 Å². The van der Waals surface area contributed by atoms with E-state index < -0.39 is 0 Å². The number of hydrogen-bond acceptors (Lipinski definition) is 3. The molecule has 0 aliphatic carbocycles. The summed E-state index contributed by atoms with van der Waals surface area (Å²) in [5.41, 5.74) is 1.39. The molecule has 2 aromatic rings. The molecule has 0 amide bonds. The summed E-state index contributed by atoms with van der Waals surface area (Å²) in [7, 11) is 0. The van der Waals surface area contributed by atoms with Crippen LogP contribution >= 0.6 is 0 Å². The van der Waals surface area contributed by atoms with E-state index in [9.17, 15) is 4.79 Å². The molecule has 20 heavy (non-hydrogen) atoms. The Labute approximate surface area is 118 Å². The molecular formula is C17H15NO2. The Balaban J connectivity index is 2.20. The molecule has 0 spiro atoms. The molecule has 0 aromatic heterocycles. The van der Waals surface area contributed by atoms with Gasteiger partial charge in [0, 0.05) is 0 Å². The molecule has 0 unspecified atom stereocenters. The van der Waals surface area contributed by atoms with Crippen LogP contribution in [0.15, 0.2) is 60.2 Å². The molecule has 3 nitrogen and oxygen atoms in total. The zero-order valence-corrected chi connectivity index (χ0v) is 11.2. The summed E-state index contributed by atoms with van der Waals surface area (Å²) < 4.78 is 5.73. The Morgan fingerprint density at radius 3 is 2.45 bits per heavy atom. The van der Waals surface area contributed by atoms with Crippen LogP contribution in [-0.4, -0.2) is 12.0 Å². The molecule has 0 aliphatic rings. The summed E-state index contributed by atoms with van der Waals surface area (Å²) in [5.74, 6) is 1.18. The Morgan fingerprint density at radius 1 is 1.05 bits per heavy atom. The predicted molar refractivity (Wildman–Crippen MR) is 80.4 cm³/mol. The molecule has 0 radical (unpaired) electrons. The van der Waals surface area contributed by atoms with Gasteiger partial charge in [0.2, 0.25) is 0 Å². The van der Waals surface area contributed by atoms with E-state index in [-0.39, 0.29) is 5.78 Å². The Morgan fingerprint density at radius 2 is 1.75 bits per heavy atom. The molecule has 3 heteroatoms. The smallest absolute Gasteiger partial charge is 0.198 e. The maximum atomic E-state index is 11.3. The van der Waals surface area contributed by atoms with Crippen molar-refractivity contribution in [2.75, 3.05) is 0 Å². The number of Topliss-reactive ketones (excluding diaryl/α,β-unsaturated/α-hetero) is 1. The molecule has 0 saturated heterocycles. The average molecular weight is 265 g/mol. The van der Waals surface area contributed by atoms with Gasteiger partial charge in [-0.3, -0.25) is 4.79 Å². The summed E-state index contributed by atoms with van der Waals surface area (Å²) in [6.07, 6.45) is 2.56. The molecule has 0 bridgehead atoms. The normalized spacial score (nSPS) is 10.9. The number of ketones is 1. The largest absolute Gasteiger partial charge is 0.457 e. The van der Waals surface area contributed by atoms with Crippen LogP contribution in [0.2, 0.25) is 0 Å². The van der Waals surface area contributed by atoms with Crippen molar-refractivity contribution in [1.82, 2.24) is 0 Å². The van der Waals surface area contributed by atoms with Crippen molar-refractivity contribution in [2.24, 2.45) is 0 Å². The number of rotatable bonds is 5. The molecule has 0 atom stereocenters. The van der Waals surface area contributed by atoms with Gasteiger partial charge in [-0.1, -0.05) is 30.3 Å². The van der Waals surface area contributed by atoms with Gasteiger partial charge < -0.3 is 10.1 Å². The number of para-hydroxylation sites is 1. The second kappa shape index (κ2) is 6.48. The zero-order chi connectivity index (χ0) is 14.4. The van der Waals surface area contributed by atoms with Crippen LogP contribution in [0.1, 0.15) is 12.5 Å². The van der Waals surface area contributed by atoms with Crippen molar-refractivity contribution in [3.8, 4) is 11.5 Å². The fourth-order valence-corrected chi connectivity index (χ4v) is 1.73. The van der Waals surface area contributed by atoms with Crippen LogP contribution in [-0.2, 0) is 4.79 Å². The zero-order valence-electron chi connectivity index (χ0n) is 11.2. The quantitative estimate of drug-likeness (QED) is 0.653. The van der Waals surface area contributed by atoms with E-state index in [1.165, 1.54) is 0 Å². The van der Waals surface area contributed by atoms with E-state index in [2.05, 4.69) is 0 Å². The molecular weight excluding hydrogens is 250 g/mol. The molecule has 2 rings (SSSR count). The van der Waals surface area contributed by atoms with Gasteiger partial charge in [0.1, 0.15) is 11.5 Å². The van der Waals surface area contributed by atoms with Crippen molar-refractivity contribution in [2.45, 2.75) is 6.92 Å². The first kappa shape index (κ1) is 13.7. The lowest BCUT2D eigenvalue weighted by atomic mass is 10.1. The number of carbonyl (C=O) groups is 1. The summed E-state index contributed by atoms with van der Waals surface area (Å²) in [5, 5.41) is 6.96. The molecule has 0 aliphatic heterocycles. The van der Waals surface area contributed by atoms with E-state index in [4.69, 9.17) is 10.1 Å². The highest BCUT2D eigenvalue weighted by molar-refractivity contribution is 6.35. The number of nitrogens with one attached hydrogen (secondary N) is 1. The van der Waals surface area contributed by atoms with Gasteiger partial charge in [0.05, 0.1) is 6.21 Å². The SMILES string of the molecule is CC(=Cc1cccc(Oc2ccccc2)c1)C(=O)C=N. The molecule has 0 saturated carbocycles. The summed E-state index contributed by atoms with van der Waals surface area (Å²) in [4.78, 5) is 11.3. The first-order valence-corrected chi connectivity index (χ1v) is 6.25. The molecule has 2 aromatic carbocycles. The van der Waals surface area contributed by atoms with Crippen LogP contribution in [0, 0.1) is 5.41 Å². The highest BCUT2D eigenvalue weighted by Crippen LogP contribution is 2.22. The summed E-state index contributed by atoms with van der Waals surface area (Å²) >= 11 is 0. The number of carbonyl (C=O) groups excluding carboxylic acids is 1. The maximum Gasteiger partial charge on any atom is 0.198 e. The van der Waals surface area contributed by atoms with E-state index >= 15 is 0 Å². The monoisotopic (exact) mass is 265 g/mol. The van der Waals surface area contributed by atoms with Crippen molar-refractivity contribution in [1.29, 1.82) is 5.41 Å². The minimum atomic E-state index is -0.292. The fourth-order valence-electron chi connectivity index (χ4n) is 1.73. The Bertz CT molecular complexity index is 645. The highest BCUT2D eigenvalue weighted by atomic mass is 16.5. The molecule has 1 N–H and O–H groups in total. The van der Waals surface area contributed by atoms with Gasteiger partial charge in [0.15, 0.2) is 5.78 Å². The van der Waals surface area contributed by atoms with Crippen LogP contribution in [0.25, 0.3) is 6.08 Å². The lowest BCUT2D eigenvalue weighted by Gasteiger charge is -2.06. The Kier molecular flexibility index (Phi) is 4.45. The average Bonchev–Trinajstić information content (AvgIpc) is 2.47.